The third-order valence-electron chi connectivity index (χ3n) is 5.81. The van der Waals surface area contributed by atoms with Crippen LogP contribution >= 0.6 is 24.0 Å². The normalized spacial score (nSPS) is 20.9. The van der Waals surface area contributed by atoms with Crippen molar-refractivity contribution >= 4 is 50.1 Å². The Morgan fingerprint density at radius 2 is 1.88 bits per heavy atom. The van der Waals surface area contributed by atoms with E-state index in [1.54, 1.807) is 17.9 Å². The van der Waals surface area contributed by atoms with Crippen LogP contribution in [0.2, 0.25) is 0 Å². The van der Waals surface area contributed by atoms with Gasteiger partial charge in [0, 0.05) is 17.3 Å². The van der Waals surface area contributed by atoms with E-state index < -0.39 is 15.9 Å². The molecule has 2 saturated heterocycles. The molecule has 0 radical (unpaired) electrons. The van der Waals surface area contributed by atoms with Gasteiger partial charge in [-0.25, -0.2) is 13.1 Å². The second kappa shape index (κ2) is 9.01. The zero-order valence-corrected chi connectivity index (χ0v) is 20.7. The molecule has 1 unspecified atom stereocenters. The summed E-state index contributed by atoms with van der Waals surface area (Å²) in [6.45, 7) is 0. The van der Waals surface area contributed by atoms with Crippen molar-refractivity contribution in [2.24, 2.45) is 0 Å². The van der Waals surface area contributed by atoms with Crippen molar-refractivity contribution in [1.29, 1.82) is 0 Å². The number of carbonyl (C=O) groups is 1. The zero-order chi connectivity index (χ0) is 23.9. The molecule has 174 valence electrons. The maximum absolute atomic E-state index is 13.2. The Morgan fingerprint density at radius 1 is 1.15 bits per heavy atom. The molecule has 0 N–H and O–H groups in total. The van der Waals surface area contributed by atoms with Crippen molar-refractivity contribution in [3.8, 4) is 22.7 Å². The molecular formula is C24H21N3O4S3. The van der Waals surface area contributed by atoms with Gasteiger partial charge in [-0.05, 0) is 48.9 Å². The van der Waals surface area contributed by atoms with E-state index in [0.717, 1.165) is 22.6 Å². The first-order chi connectivity index (χ1) is 16.3. The molecule has 0 spiro atoms. The number of hydrogen-bond acceptors (Lipinski definition) is 7. The summed E-state index contributed by atoms with van der Waals surface area (Å²) in [7, 11) is -1.52. The smallest absolute Gasteiger partial charge is 0.266 e. The molecule has 1 aromatic heterocycles. The van der Waals surface area contributed by atoms with Crippen LogP contribution in [-0.4, -0.2) is 58.0 Å². The number of para-hydroxylation sites is 1. The van der Waals surface area contributed by atoms with Gasteiger partial charge in [0.25, 0.3) is 5.91 Å². The van der Waals surface area contributed by atoms with E-state index in [0.29, 0.717) is 21.3 Å². The van der Waals surface area contributed by atoms with Crippen LogP contribution in [0.3, 0.4) is 0 Å². The highest BCUT2D eigenvalue weighted by molar-refractivity contribution is 8.26. The van der Waals surface area contributed by atoms with Crippen molar-refractivity contribution in [2.75, 3.05) is 18.6 Å². The van der Waals surface area contributed by atoms with E-state index in [1.165, 1.54) is 16.7 Å². The van der Waals surface area contributed by atoms with Gasteiger partial charge in [0.1, 0.15) is 10.1 Å². The molecule has 1 amide bonds. The third-order valence-corrected chi connectivity index (χ3v) is 8.89. The number of amides is 1. The molecule has 2 fully saturated rings. The van der Waals surface area contributed by atoms with Crippen molar-refractivity contribution < 1.29 is 17.9 Å². The molecule has 2 aliphatic rings. The highest BCUT2D eigenvalue weighted by Crippen LogP contribution is 2.37. The molecular weight excluding hydrogens is 490 g/mol. The number of thiocarbonyl (C=S) groups is 1. The molecule has 7 nitrogen and oxygen atoms in total. The number of ether oxygens (including phenoxy) is 1. The molecule has 0 saturated carbocycles. The second-order valence-electron chi connectivity index (χ2n) is 8.05. The standard InChI is InChI=1S/C24H21N3O4S3/c1-31-20-9-7-16(8-10-20)22-17(14-26(25-22)18-5-3-2-4-6-18)13-21-23(28)27(24(32)33-21)19-11-12-34(29,30)15-19/h2-10,13-14,19H,11-12,15H2,1H3/b21-13+. The van der Waals surface area contributed by atoms with Crippen LogP contribution < -0.4 is 4.74 Å². The molecule has 5 rings (SSSR count). The van der Waals surface area contributed by atoms with Crippen LogP contribution in [0.5, 0.6) is 5.75 Å². The second-order valence-corrected chi connectivity index (χ2v) is 12.0. The Morgan fingerprint density at radius 3 is 2.53 bits per heavy atom. The fourth-order valence-electron chi connectivity index (χ4n) is 4.09. The molecule has 2 aliphatic heterocycles. The maximum Gasteiger partial charge on any atom is 0.266 e. The molecule has 0 aliphatic carbocycles. The number of methoxy groups -OCH3 is 1. The van der Waals surface area contributed by atoms with E-state index in [1.807, 2.05) is 60.8 Å². The van der Waals surface area contributed by atoms with Crippen LogP contribution in [0, 0.1) is 0 Å². The summed E-state index contributed by atoms with van der Waals surface area (Å²) in [4.78, 5) is 15.2. The summed E-state index contributed by atoms with van der Waals surface area (Å²) in [5, 5.41) is 4.79. The Bertz CT molecular complexity index is 1400. The summed E-state index contributed by atoms with van der Waals surface area (Å²) < 4.78 is 31.3. The topological polar surface area (TPSA) is 81.5 Å². The zero-order valence-electron chi connectivity index (χ0n) is 18.2. The predicted molar refractivity (Wildman–Crippen MR) is 138 cm³/mol. The minimum atomic E-state index is -3.14. The molecule has 34 heavy (non-hydrogen) atoms. The van der Waals surface area contributed by atoms with Gasteiger partial charge >= 0.3 is 0 Å². The minimum Gasteiger partial charge on any atom is -0.497 e. The highest BCUT2D eigenvalue weighted by Gasteiger charge is 2.42. The van der Waals surface area contributed by atoms with Crippen molar-refractivity contribution in [1.82, 2.24) is 14.7 Å². The first kappa shape index (κ1) is 22.8. The molecule has 10 heteroatoms. The van der Waals surface area contributed by atoms with Gasteiger partial charge in [-0.3, -0.25) is 9.69 Å². The Labute approximate surface area is 207 Å². The van der Waals surface area contributed by atoms with Gasteiger partial charge in [0.2, 0.25) is 0 Å². The van der Waals surface area contributed by atoms with Crippen LogP contribution in [0.25, 0.3) is 23.0 Å². The average molecular weight is 512 g/mol. The van der Waals surface area contributed by atoms with Crippen LogP contribution in [0.4, 0.5) is 0 Å². The number of carbonyl (C=O) groups excluding carboxylic acids is 1. The lowest BCUT2D eigenvalue weighted by Gasteiger charge is -2.20. The molecule has 3 heterocycles. The maximum atomic E-state index is 13.2. The lowest BCUT2D eigenvalue weighted by Crippen LogP contribution is -2.39. The number of aromatic nitrogens is 2. The fourth-order valence-corrected chi connectivity index (χ4v) is 7.19. The van der Waals surface area contributed by atoms with Crippen LogP contribution in [-0.2, 0) is 14.6 Å². The summed E-state index contributed by atoms with van der Waals surface area (Å²) in [5.74, 6) is 0.514. The van der Waals surface area contributed by atoms with Gasteiger partial charge in [0.15, 0.2) is 9.84 Å². The van der Waals surface area contributed by atoms with Gasteiger partial charge in [-0.1, -0.05) is 42.2 Å². The Balaban J connectivity index is 1.54. The first-order valence-electron chi connectivity index (χ1n) is 10.6. The predicted octanol–water partition coefficient (Wildman–Crippen LogP) is 3.94. The number of nitrogens with zero attached hydrogens (tertiary/aromatic N) is 3. The molecule has 2 aromatic carbocycles. The Hall–Kier alpha value is -2.95. The van der Waals surface area contributed by atoms with E-state index in [9.17, 15) is 13.2 Å². The monoisotopic (exact) mass is 511 g/mol. The average Bonchev–Trinajstić information content (AvgIpc) is 3.49. The number of sulfone groups is 1. The summed E-state index contributed by atoms with van der Waals surface area (Å²) in [6.07, 6.45) is 4.07. The molecule has 1 atom stereocenters. The SMILES string of the molecule is COc1ccc(-c2nn(-c3ccccc3)cc2/C=C2/SC(=S)N(C3CCS(=O)(=O)C3)C2=O)cc1. The summed E-state index contributed by atoms with van der Waals surface area (Å²) >= 11 is 6.65. The number of thioether (sulfide) groups is 1. The quantitative estimate of drug-likeness (QED) is 0.379. The largest absolute Gasteiger partial charge is 0.497 e. The number of benzene rings is 2. The van der Waals surface area contributed by atoms with Gasteiger partial charge in [-0.2, -0.15) is 5.10 Å². The third kappa shape index (κ3) is 4.40. The summed E-state index contributed by atoms with van der Waals surface area (Å²) in [5.41, 5.74) is 3.23. The van der Waals surface area contributed by atoms with E-state index in [4.69, 9.17) is 22.1 Å². The van der Waals surface area contributed by atoms with Gasteiger partial charge < -0.3 is 4.74 Å². The van der Waals surface area contributed by atoms with E-state index in [2.05, 4.69) is 0 Å². The van der Waals surface area contributed by atoms with E-state index in [-0.39, 0.29) is 17.4 Å². The van der Waals surface area contributed by atoms with Crippen molar-refractivity contribution in [2.45, 2.75) is 12.5 Å². The lowest BCUT2D eigenvalue weighted by atomic mass is 10.1. The van der Waals surface area contributed by atoms with Gasteiger partial charge in [-0.15, -0.1) is 0 Å². The summed E-state index contributed by atoms with van der Waals surface area (Å²) in [6, 6.07) is 16.9. The van der Waals surface area contributed by atoms with Crippen molar-refractivity contribution in [3.05, 3.63) is 71.3 Å². The van der Waals surface area contributed by atoms with Crippen LogP contribution in [0.15, 0.2) is 65.7 Å². The molecule has 0 bridgehead atoms. The first-order valence-corrected chi connectivity index (χ1v) is 13.7. The van der Waals surface area contributed by atoms with Crippen molar-refractivity contribution in [3.63, 3.8) is 0 Å². The minimum absolute atomic E-state index is 0.0459. The van der Waals surface area contributed by atoms with E-state index >= 15 is 0 Å². The molecule has 3 aromatic rings. The van der Waals surface area contributed by atoms with Gasteiger partial charge in [0.05, 0.1) is 40.9 Å². The number of rotatable bonds is 5. The fraction of sp³-hybridized carbons (Fsp3) is 0.208. The Kier molecular flexibility index (Phi) is 6.05. The lowest BCUT2D eigenvalue weighted by molar-refractivity contribution is -0.123. The number of hydrogen-bond donors (Lipinski definition) is 0. The van der Waals surface area contributed by atoms with Crippen LogP contribution in [0.1, 0.15) is 12.0 Å². The highest BCUT2D eigenvalue weighted by atomic mass is 32.2.